The van der Waals surface area contributed by atoms with Crippen LogP contribution < -0.4 is 5.73 Å². The van der Waals surface area contributed by atoms with Gasteiger partial charge in [-0.1, -0.05) is 0 Å². The summed E-state index contributed by atoms with van der Waals surface area (Å²) in [4.78, 5) is 14.4. The number of aryl methyl sites for hydroxylation is 1. The van der Waals surface area contributed by atoms with E-state index in [9.17, 15) is 13.2 Å². The van der Waals surface area contributed by atoms with Crippen LogP contribution in [0.25, 0.3) is 0 Å². The van der Waals surface area contributed by atoms with Crippen LogP contribution in [0.3, 0.4) is 0 Å². The van der Waals surface area contributed by atoms with Crippen molar-refractivity contribution in [3.63, 3.8) is 0 Å². The van der Waals surface area contributed by atoms with Gasteiger partial charge in [-0.2, -0.15) is 4.31 Å². The SMILES string of the molecule is Cc1oc(C(=O)N2CCC(CN)CC2)cc1S(=O)(=O)N1CCCC1.Cl. The van der Waals surface area contributed by atoms with Crippen LogP contribution in [0, 0.1) is 12.8 Å². The van der Waals surface area contributed by atoms with E-state index in [2.05, 4.69) is 0 Å². The van der Waals surface area contributed by atoms with Gasteiger partial charge < -0.3 is 15.1 Å². The molecule has 2 aliphatic heterocycles. The van der Waals surface area contributed by atoms with Gasteiger partial charge in [0.25, 0.3) is 5.91 Å². The molecule has 1 amide bonds. The van der Waals surface area contributed by atoms with Gasteiger partial charge in [0.1, 0.15) is 10.7 Å². The zero-order chi connectivity index (χ0) is 17.3. The number of hydrogen-bond donors (Lipinski definition) is 1. The Hall–Kier alpha value is -1.09. The van der Waals surface area contributed by atoms with Crippen molar-refractivity contribution in [3.8, 4) is 0 Å². The second-order valence-corrected chi connectivity index (χ2v) is 8.52. The van der Waals surface area contributed by atoms with Crippen LogP contribution in [0.5, 0.6) is 0 Å². The molecular formula is C16H26ClN3O4S. The van der Waals surface area contributed by atoms with Crippen LogP contribution in [0.4, 0.5) is 0 Å². The molecule has 3 rings (SSSR count). The summed E-state index contributed by atoms with van der Waals surface area (Å²) in [6, 6.07) is 1.39. The average molecular weight is 392 g/mol. The standard InChI is InChI=1S/C16H25N3O4S.ClH/c1-12-15(24(21,22)19-6-2-3-7-19)10-14(23-12)16(20)18-8-4-13(11-17)5-9-18;/h10,13H,2-9,11,17H2,1H3;1H. The molecule has 0 radical (unpaired) electrons. The molecule has 0 atom stereocenters. The van der Waals surface area contributed by atoms with Crippen molar-refractivity contribution in [3.05, 3.63) is 17.6 Å². The summed E-state index contributed by atoms with van der Waals surface area (Å²) in [6.07, 6.45) is 3.50. The third kappa shape index (κ3) is 4.02. The molecule has 7 nitrogen and oxygen atoms in total. The lowest BCUT2D eigenvalue weighted by Gasteiger charge is -2.30. The predicted molar refractivity (Wildman–Crippen MR) is 96.4 cm³/mol. The van der Waals surface area contributed by atoms with Crippen molar-refractivity contribution in [2.24, 2.45) is 11.7 Å². The first-order valence-electron chi connectivity index (χ1n) is 8.53. The summed E-state index contributed by atoms with van der Waals surface area (Å²) in [7, 11) is -3.57. The number of halogens is 1. The molecule has 0 unspecified atom stereocenters. The summed E-state index contributed by atoms with van der Waals surface area (Å²) < 4.78 is 32.3. The largest absolute Gasteiger partial charge is 0.455 e. The van der Waals surface area contributed by atoms with Crippen molar-refractivity contribution in [1.29, 1.82) is 0 Å². The minimum absolute atomic E-state index is 0. The Morgan fingerprint density at radius 1 is 1.24 bits per heavy atom. The molecule has 9 heteroatoms. The number of likely N-dealkylation sites (tertiary alicyclic amines) is 1. The first-order valence-corrected chi connectivity index (χ1v) is 9.97. The highest BCUT2D eigenvalue weighted by Gasteiger charge is 2.33. The number of sulfonamides is 1. The van der Waals surface area contributed by atoms with Gasteiger partial charge in [0.2, 0.25) is 10.0 Å². The van der Waals surface area contributed by atoms with E-state index < -0.39 is 10.0 Å². The average Bonchev–Trinajstić information content (AvgIpc) is 3.24. The Balaban J connectivity index is 0.00000225. The lowest BCUT2D eigenvalue weighted by atomic mass is 9.97. The Morgan fingerprint density at radius 2 is 1.84 bits per heavy atom. The van der Waals surface area contributed by atoms with E-state index in [4.69, 9.17) is 10.2 Å². The van der Waals surface area contributed by atoms with Crippen molar-refractivity contribution < 1.29 is 17.6 Å². The van der Waals surface area contributed by atoms with Crippen molar-refractivity contribution in [2.45, 2.75) is 37.5 Å². The first-order chi connectivity index (χ1) is 11.4. The van der Waals surface area contributed by atoms with Gasteiger partial charge in [-0.05, 0) is 45.1 Å². The van der Waals surface area contributed by atoms with Crippen LogP contribution in [0.15, 0.2) is 15.4 Å². The lowest BCUT2D eigenvalue weighted by Crippen LogP contribution is -2.39. The number of carbonyl (C=O) groups is 1. The highest BCUT2D eigenvalue weighted by molar-refractivity contribution is 7.89. The Morgan fingerprint density at radius 3 is 2.40 bits per heavy atom. The minimum Gasteiger partial charge on any atom is -0.455 e. The number of amides is 1. The molecule has 0 bridgehead atoms. The maximum atomic E-state index is 12.7. The first kappa shape index (κ1) is 20.2. The summed E-state index contributed by atoms with van der Waals surface area (Å²) in [6.45, 7) is 4.56. The van der Waals surface area contributed by atoms with Crippen LogP contribution in [-0.2, 0) is 10.0 Å². The number of nitrogens with zero attached hydrogens (tertiary/aromatic N) is 2. The van der Waals surface area contributed by atoms with E-state index in [0.717, 1.165) is 25.7 Å². The number of furan rings is 1. The molecule has 25 heavy (non-hydrogen) atoms. The van der Waals surface area contributed by atoms with Gasteiger partial charge >= 0.3 is 0 Å². The fourth-order valence-electron chi connectivity index (χ4n) is 3.42. The zero-order valence-corrected chi connectivity index (χ0v) is 16.1. The van der Waals surface area contributed by atoms with E-state index in [1.807, 2.05) is 0 Å². The molecule has 1 aromatic rings. The quantitative estimate of drug-likeness (QED) is 0.840. The molecule has 0 spiro atoms. The van der Waals surface area contributed by atoms with Crippen LogP contribution in [0.2, 0.25) is 0 Å². The third-order valence-corrected chi connectivity index (χ3v) is 7.01. The van der Waals surface area contributed by atoms with Gasteiger partial charge in [0, 0.05) is 32.2 Å². The molecule has 2 fully saturated rings. The number of nitrogens with two attached hydrogens (primary N) is 1. The van der Waals surface area contributed by atoms with E-state index in [-0.39, 0.29) is 34.7 Å². The molecule has 0 aromatic carbocycles. The maximum Gasteiger partial charge on any atom is 0.289 e. The zero-order valence-electron chi connectivity index (χ0n) is 14.4. The van der Waals surface area contributed by atoms with Gasteiger partial charge in [0.05, 0.1) is 0 Å². The van der Waals surface area contributed by atoms with E-state index in [1.165, 1.54) is 10.4 Å². The predicted octanol–water partition coefficient (Wildman–Crippen LogP) is 1.61. The highest BCUT2D eigenvalue weighted by Crippen LogP contribution is 2.27. The molecule has 3 heterocycles. The Kier molecular flexibility index (Phi) is 6.53. The van der Waals surface area contributed by atoms with Gasteiger partial charge in [-0.3, -0.25) is 4.79 Å². The molecule has 2 saturated heterocycles. The summed E-state index contributed by atoms with van der Waals surface area (Å²) in [5.41, 5.74) is 5.67. The van der Waals surface area contributed by atoms with Crippen molar-refractivity contribution >= 4 is 28.3 Å². The van der Waals surface area contributed by atoms with Gasteiger partial charge in [-0.25, -0.2) is 8.42 Å². The van der Waals surface area contributed by atoms with E-state index in [0.29, 0.717) is 38.6 Å². The fraction of sp³-hybridized carbons (Fsp3) is 0.688. The molecular weight excluding hydrogens is 366 g/mol. The smallest absolute Gasteiger partial charge is 0.289 e. The second kappa shape index (κ2) is 8.07. The molecule has 0 aliphatic carbocycles. The monoisotopic (exact) mass is 391 g/mol. The molecule has 142 valence electrons. The summed E-state index contributed by atoms with van der Waals surface area (Å²) >= 11 is 0. The van der Waals surface area contributed by atoms with Crippen LogP contribution in [-0.4, -0.2) is 56.3 Å². The number of piperidine rings is 1. The van der Waals surface area contributed by atoms with E-state index in [1.54, 1.807) is 11.8 Å². The topological polar surface area (TPSA) is 96.8 Å². The number of carbonyl (C=O) groups excluding carboxylic acids is 1. The maximum absolute atomic E-state index is 12.7. The van der Waals surface area contributed by atoms with Crippen molar-refractivity contribution in [1.82, 2.24) is 9.21 Å². The van der Waals surface area contributed by atoms with Gasteiger partial charge in [-0.15, -0.1) is 12.4 Å². The lowest BCUT2D eigenvalue weighted by molar-refractivity contribution is 0.0660. The second-order valence-electron chi connectivity index (χ2n) is 6.61. The normalized spacial score (nSPS) is 19.8. The molecule has 0 saturated carbocycles. The fourth-order valence-corrected chi connectivity index (χ4v) is 5.10. The summed E-state index contributed by atoms with van der Waals surface area (Å²) in [5.74, 6) is 0.605. The van der Waals surface area contributed by atoms with Crippen LogP contribution in [0.1, 0.15) is 42.0 Å². The molecule has 1 aromatic heterocycles. The van der Waals surface area contributed by atoms with Crippen molar-refractivity contribution in [2.75, 3.05) is 32.7 Å². The summed E-state index contributed by atoms with van der Waals surface area (Å²) in [5, 5.41) is 0. The molecule has 2 aliphatic rings. The number of rotatable bonds is 4. The van der Waals surface area contributed by atoms with E-state index >= 15 is 0 Å². The van der Waals surface area contributed by atoms with Gasteiger partial charge in [0.15, 0.2) is 5.76 Å². The highest BCUT2D eigenvalue weighted by atomic mass is 35.5. The Bertz CT molecular complexity index is 705. The minimum atomic E-state index is -3.57. The molecule has 2 N–H and O–H groups in total. The number of hydrogen-bond acceptors (Lipinski definition) is 5. The Labute approximate surface area is 155 Å². The third-order valence-electron chi connectivity index (χ3n) is 5.00. The van der Waals surface area contributed by atoms with Crippen LogP contribution >= 0.6 is 12.4 Å².